The molecule has 1 saturated heterocycles. The molecule has 1 N–H and O–H groups in total. The van der Waals surface area contributed by atoms with Crippen LogP contribution in [0.15, 0.2) is 6.20 Å². The highest BCUT2D eigenvalue weighted by Crippen LogP contribution is 2.08. The number of hydrogen-bond donors (Lipinski definition) is 1. The molecule has 0 unspecified atom stereocenters. The van der Waals surface area contributed by atoms with E-state index in [0.717, 1.165) is 26.2 Å². The van der Waals surface area contributed by atoms with Crippen LogP contribution in [-0.4, -0.2) is 40.9 Å². The van der Waals surface area contributed by atoms with Crippen molar-refractivity contribution < 1.29 is 0 Å². The van der Waals surface area contributed by atoms with Crippen molar-refractivity contribution in [3.63, 3.8) is 0 Å². The summed E-state index contributed by atoms with van der Waals surface area (Å²) in [5.41, 5.74) is 2.52. The summed E-state index contributed by atoms with van der Waals surface area (Å²) in [6.07, 6.45) is 3.33. The van der Waals surface area contributed by atoms with Crippen LogP contribution >= 0.6 is 0 Å². The fraction of sp³-hybridized carbons (Fsp3) is 0.727. The van der Waals surface area contributed by atoms with Crippen LogP contribution in [0, 0.1) is 6.92 Å². The van der Waals surface area contributed by atoms with E-state index in [9.17, 15) is 0 Å². The lowest BCUT2D eigenvalue weighted by Crippen LogP contribution is -2.28. The van der Waals surface area contributed by atoms with Crippen LogP contribution in [0.3, 0.4) is 0 Å². The monoisotopic (exact) mass is 208 g/mol. The summed E-state index contributed by atoms with van der Waals surface area (Å²) in [7, 11) is 1.99. The Bertz CT molecular complexity index is 310. The lowest BCUT2D eigenvalue weighted by molar-refractivity contribution is 0.279. The maximum Gasteiger partial charge on any atom is 0.0793 e. The van der Waals surface area contributed by atoms with Crippen molar-refractivity contribution in [2.75, 3.05) is 26.2 Å². The third-order valence-electron chi connectivity index (χ3n) is 2.92. The Hall–Kier alpha value is -0.870. The van der Waals surface area contributed by atoms with Gasteiger partial charge in [-0.05, 0) is 32.0 Å². The van der Waals surface area contributed by atoms with Crippen molar-refractivity contribution in [2.45, 2.75) is 19.9 Å². The van der Waals surface area contributed by atoms with Crippen LogP contribution in [0.1, 0.15) is 17.7 Å². The first kappa shape index (κ1) is 10.6. The van der Waals surface area contributed by atoms with E-state index in [-0.39, 0.29) is 0 Å². The minimum Gasteiger partial charge on any atom is -0.315 e. The minimum absolute atomic E-state index is 0.994. The van der Waals surface area contributed by atoms with Gasteiger partial charge in [-0.15, -0.1) is 0 Å². The Morgan fingerprint density at radius 3 is 3.00 bits per heavy atom. The fourth-order valence-corrected chi connectivity index (χ4v) is 2.08. The van der Waals surface area contributed by atoms with Crippen molar-refractivity contribution in [3.05, 3.63) is 17.5 Å². The van der Waals surface area contributed by atoms with Gasteiger partial charge in [0.15, 0.2) is 0 Å². The van der Waals surface area contributed by atoms with Crippen molar-refractivity contribution >= 4 is 0 Å². The topological polar surface area (TPSA) is 33.1 Å². The largest absolute Gasteiger partial charge is 0.315 e. The van der Waals surface area contributed by atoms with E-state index in [1.807, 2.05) is 11.7 Å². The summed E-state index contributed by atoms with van der Waals surface area (Å²) < 4.78 is 1.90. The summed E-state index contributed by atoms with van der Waals surface area (Å²) in [4.78, 5) is 2.48. The van der Waals surface area contributed by atoms with Gasteiger partial charge in [-0.1, -0.05) is 0 Å². The summed E-state index contributed by atoms with van der Waals surface area (Å²) >= 11 is 0. The summed E-state index contributed by atoms with van der Waals surface area (Å²) in [5, 5.41) is 7.91. The normalized spacial score (nSPS) is 19.1. The Morgan fingerprint density at radius 1 is 1.40 bits per heavy atom. The predicted octanol–water partition coefficient (Wildman–Crippen LogP) is 0.524. The molecule has 0 aromatic carbocycles. The molecule has 15 heavy (non-hydrogen) atoms. The average Bonchev–Trinajstić information content (AvgIpc) is 2.44. The van der Waals surface area contributed by atoms with Gasteiger partial charge in [0.1, 0.15) is 0 Å². The maximum atomic E-state index is 4.49. The Labute approximate surface area is 91.3 Å². The van der Waals surface area contributed by atoms with Gasteiger partial charge in [0, 0.05) is 32.9 Å². The number of hydrogen-bond acceptors (Lipinski definition) is 3. The number of aromatic nitrogens is 2. The van der Waals surface area contributed by atoms with Gasteiger partial charge in [0.05, 0.1) is 5.69 Å². The van der Waals surface area contributed by atoms with Gasteiger partial charge >= 0.3 is 0 Å². The van der Waals surface area contributed by atoms with Gasteiger partial charge in [-0.3, -0.25) is 9.58 Å². The third-order valence-corrected chi connectivity index (χ3v) is 2.92. The molecule has 0 amide bonds. The number of aryl methyl sites for hydroxylation is 2. The van der Waals surface area contributed by atoms with Gasteiger partial charge in [-0.2, -0.15) is 5.10 Å². The van der Waals surface area contributed by atoms with Crippen molar-refractivity contribution in [1.29, 1.82) is 0 Å². The first-order valence-electron chi connectivity index (χ1n) is 5.68. The highest BCUT2D eigenvalue weighted by molar-refractivity contribution is 5.14. The molecule has 1 aliphatic rings. The minimum atomic E-state index is 0.994. The molecule has 1 aromatic rings. The van der Waals surface area contributed by atoms with E-state index < -0.39 is 0 Å². The lowest BCUT2D eigenvalue weighted by Gasteiger charge is -2.18. The van der Waals surface area contributed by atoms with Gasteiger partial charge in [0.2, 0.25) is 0 Å². The summed E-state index contributed by atoms with van der Waals surface area (Å²) in [6, 6.07) is 0. The van der Waals surface area contributed by atoms with E-state index in [2.05, 4.69) is 28.4 Å². The molecule has 4 heteroatoms. The molecule has 4 nitrogen and oxygen atoms in total. The Balaban J connectivity index is 1.97. The van der Waals surface area contributed by atoms with Gasteiger partial charge in [0.25, 0.3) is 0 Å². The second-order valence-electron chi connectivity index (χ2n) is 4.31. The molecule has 0 saturated carbocycles. The fourth-order valence-electron chi connectivity index (χ4n) is 2.08. The molecule has 0 spiro atoms. The molecule has 0 bridgehead atoms. The first-order chi connectivity index (χ1) is 7.25. The average molecular weight is 208 g/mol. The molecule has 0 radical (unpaired) electrons. The van der Waals surface area contributed by atoms with E-state index in [0.29, 0.717) is 0 Å². The van der Waals surface area contributed by atoms with E-state index in [1.165, 1.54) is 24.2 Å². The molecular formula is C11H20N4. The number of rotatable bonds is 2. The molecule has 1 aromatic heterocycles. The van der Waals surface area contributed by atoms with Crippen LogP contribution < -0.4 is 5.32 Å². The molecule has 2 rings (SSSR count). The molecule has 2 heterocycles. The van der Waals surface area contributed by atoms with Gasteiger partial charge < -0.3 is 5.32 Å². The van der Waals surface area contributed by atoms with Crippen LogP contribution in [0.4, 0.5) is 0 Å². The Kier molecular flexibility index (Phi) is 3.38. The van der Waals surface area contributed by atoms with Crippen LogP contribution in [0.5, 0.6) is 0 Å². The van der Waals surface area contributed by atoms with Crippen LogP contribution in [-0.2, 0) is 13.6 Å². The van der Waals surface area contributed by atoms with Crippen molar-refractivity contribution in [1.82, 2.24) is 20.0 Å². The highest BCUT2D eigenvalue weighted by atomic mass is 15.3. The highest BCUT2D eigenvalue weighted by Gasteiger charge is 2.12. The summed E-state index contributed by atoms with van der Waals surface area (Å²) in [6.45, 7) is 7.70. The molecule has 0 aliphatic carbocycles. The zero-order chi connectivity index (χ0) is 10.7. The van der Waals surface area contributed by atoms with Gasteiger partial charge in [-0.25, -0.2) is 0 Å². The molecule has 84 valence electrons. The molecular weight excluding hydrogens is 188 g/mol. The van der Waals surface area contributed by atoms with E-state index in [1.54, 1.807) is 0 Å². The Morgan fingerprint density at radius 2 is 2.27 bits per heavy atom. The zero-order valence-corrected chi connectivity index (χ0v) is 9.66. The molecule has 1 aliphatic heterocycles. The molecule has 0 atom stereocenters. The smallest absolute Gasteiger partial charge is 0.0793 e. The zero-order valence-electron chi connectivity index (χ0n) is 9.66. The maximum absolute atomic E-state index is 4.49. The quantitative estimate of drug-likeness (QED) is 0.769. The van der Waals surface area contributed by atoms with Crippen molar-refractivity contribution in [2.24, 2.45) is 7.05 Å². The number of nitrogens with one attached hydrogen (secondary N) is 1. The molecule has 1 fully saturated rings. The first-order valence-corrected chi connectivity index (χ1v) is 5.68. The lowest BCUT2D eigenvalue weighted by atomic mass is 10.2. The standard InChI is InChI=1S/C11H20N4/c1-10-8-14(2)13-11(10)9-15-6-3-4-12-5-7-15/h8,12H,3-7,9H2,1-2H3. The second-order valence-corrected chi connectivity index (χ2v) is 4.31. The third kappa shape index (κ3) is 2.79. The van der Waals surface area contributed by atoms with Crippen molar-refractivity contribution in [3.8, 4) is 0 Å². The second kappa shape index (κ2) is 4.77. The van der Waals surface area contributed by atoms with E-state index >= 15 is 0 Å². The number of nitrogens with zero attached hydrogens (tertiary/aromatic N) is 3. The SMILES string of the molecule is Cc1cn(C)nc1CN1CCCNCC1. The van der Waals surface area contributed by atoms with E-state index in [4.69, 9.17) is 0 Å². The van der Waals surface area contributed by atoms with Crippen LogP contribution in [0.2, 0.25) is 0 Å². The van der Waals surface area contributed by atoms with Crippen LogP contribution in [0.25, 0.3) is 0 Å². The predicted molar refractivity (Wildman–Crippen MR) is 60.7 cm³/mol. The summed E-state index contributed by atoms with van der Waals surface area (Å²) in [5.74, 6) is 0.